The van der Waals surface area contributed by atoms with Crippen molar-refractivity contribution in [1.82, 2.24) is 15.0 Å². The van der Waals surface area contributed by atoms with Crippen LogP contribution in [0.15, 0.2) is 114 Å². The van der Waals surface area contributed by atoms with Crippen molar-refractivity contribution >= 4 is 22.4 Å². The van der Waals surface area contributed by atoms with Gasteiger partial charge in [0, 0.05) is 5.56 Å². The molecule has 1 aliphatic heterocycles. The summed E-state index contributed by atoms with van der Waals surface area (Å²) in [5.74, 6) is 0. The summed E-state index contributed by atoms with van der Waals surface area (Å²) in [6, 6.07) is 37.5. The van der Waals surface area contributed by atoms with Crippen LogP contribution in [0.2, 0.25) is 0 Å². The quantitative estimate of drug-likeness (QED) is 0.336. The summed E-state index contributed by atoms with van der Waals surface area (Å²) in [6.07, 6.45) is 0. The highest BCUT2D eigenvalue weighted by atomic mass is 15.6. The number of hydrazone groups is 1. The fourth-order valence-corrected chi connectivity index (χ4v) is 5.01. The van der Waals surface area contributed by atoms with Crippen LogP contribution in [0.3, 0.4) is 0 Å². The van der Waals surface area contributed by atoms with E-state index in [1.165, 1.54) is 11.1 Å². The molecule has 0 saturated heterocycles. The average Bonchev–Trinajstić information content (AvgIpc) is 3.46. The van der Waals surface area contributed by atoms with Gasteiger partial charge in [0.15, 0.2) is 0 Å². The zero-order valence-corrected chi connectivity index (χ0v) is 19.2. The zero-order chi connectivity index (χ0) is 23.1. The third kappa shape index (κ3) is 3.12. The normalized spacial score (nSPS) is 20.0. The first-order chi connectivity index (χ1) is 16.7. The first kappa shape index (κ1) is 20.4. The molecule has 1 aliphatic rings. The summed E-state index contributed by atoms with van der Waals surface area (Å²) in [5, 5.41) is 16.6. The number of benzene rings is 4. The van der Waals surface area contributed by atoms with Gasteiger partial charge in [-0.3, -0.25) is 5.01 Å². The fourth-order valence-electron chi connectivity index (χ4n) is 5.01. The Bertz CT molecular complexity index is 1470. The van der Waals surface area contributed by atoms with Gasteiger partial charge in [0.25, 0.3) is 0 Å². The summed E-state index contributed by atoms with van der Waals surface area (Å²) < 4.78 is 2.06. The van der Waals surface area contributed by atoms with Gasteiger partial charge in [-0.05, 0) is 43.7 Å². The molecule has 0 spiro atoms. The van der Waals surface area contributed by atoms with E-state index in [0.717, 1.165) is 28.0 Å². The van der Waals surface area contributed by atoms with Crippen LogP contribution in [0.5, 0.6) is 0 Å². The second kappa shape index (κ2) is 7.96. The maximum atomic E-state index is 5.29. The lowest BCUT2D eigenvalue weighted by atomic mass is 9.80. The summed E-state index contributed by atoms with van der Waals surface area (Å²) in [6.45, 7) is 4.34. The van der Waals surface area contributed by atoms with Gasteiger partial charge < -0.3 is 0 Å². The molecule has 0 radical (unpaired) electrons. The Morgan fingerprint density at radius 2 is 1.38 bits per heavy atom. The van der Waals surface area contributed by atoms with Crippen LogP contribution in [-0.4, -0.2) is 20.7 Å². The first-order valence-electron chi connectivity index (χ1n) is 11.5. The van der Waals surface area contributed by atoms with Crippen molar-refractivity contribution in [2.45, 2.75) is 25.4 Å². The molecule has 0 bridgehead atoms. The van der Waals surface area contributed by atoms with E-state index in [1.807, 2.05) is 30.3 Å². The van der Waals surface area contributed by atoms with Crippen LogP contribution in [-0.2, 0) is 5.54 Å². The van der Waals surface area contributed by atoms with Crippen LogP contribution in [0, 0.1) is 6.92 Å². The summed E-state index contributed by atoms with van der Waals surface area (Å²) in [7, 11) is 0. The lowest BCUT2D eigenvalue weighted by Crippen LogP contribution is -2.45. The number of anilines is 1. The van der Waals surface area contributed by atoms with Crippen LogP contribution in [0.25, 0.3) is 11.0 Å². The van der Waals surface area contributed by atoms with Gasteiger partial charge in [0.1, 0.15) is 17.1 Å². The summed E-state index contributed by atoms with van der Waals surface area (Å²) >= 11 is 0. The molecule has 0 N–H and O–H groups in total. The van der Waals surface area contributed by atoms with Gasteiger partial charge in [0.05, 0.1) is 16.9 Å². The van der Waals surface area contributed by atoms with Gasteiger partial charge in [-0.2, -0.15) is 5.10 Å². The van der Waals surface area contributed by atoms with E-state index >= 15 is 0 Å². The van der Waals surface area contributed by atoms with E-state index in [0.29, 0.717) is 0 Å². The van der Waals surface area contributed by atoms with E-state index in [-0.39, 0.29) is 6.04 Å². The maximum absolute atomic E-state index is 5.29. The minimum absolute atomic E-state index is 0.129. The standard InChI is InChI=1S/C29H25N5/c1-21-17-19-23(20-18-21)28-29(2,34-26-16-10-9-15-25(26)30-32-34)27(22-11-5-3-6-12-22)31-33(28)24-13-7-4-8-14-24/h3-20,28H,1-2H3/t28-,29-/m1/s1. The number of para-hydroxylation sites is 2. The van der Waals surface area contributed by atoms with Gasteiger partial charge in [-0.15, -0.1) is 5.10 Å². The van der Waals surface area contributed by atoms with Gasteiger partial charge in [-0.25, -0.2) is 4.68 Å². The van der Waals surface area contributed by atoms with Crippen LogP contribution in [0.4, 0.5) is 5.69 Å². The number of aryl methyl sites for hydroxylation is 1. The molecule has 1 aromatic heterocycles. The van der Waals surface area contributed by atoms with E-state index in [1.54, 1.807) is 0 Å². The SMILES string of the molecule is Cc1ccc([C@H]2N(c3ccccc3)N=C(c3ccccc3)[C@@]2(C)n2nnc3ccccc32)cc1. The molecule has 0 aliphatic carbocycles. The average molecular weight is 444 g/mol. The van der Waals surface area contributed by atoms with Crippen LogP contribution < -0.4 is 5.01 Å². The molecule has 2 heterocycles. The number of rotatable bonds is 4. The van der Waals surface area contributed by atoms with Crippen molar-refractivity contribution in [3.8, 4) is 0 Å². The van der Waals surface area contributed by atoms with Gasteiger partial charge in [-0.1, -0.05) is 95.7 Å². The molecule has 34 heavy (non-hydrogen) atoms. The molecular weight excluding hydrogens is 418 g/mol. The van der Waals surface area contributed by atoms with Crippen LogP contribution >= 0.6 is 0 Å². The Morgan fingerprint density at radius 1 is 0.735 bits per heavy atom. The molecule has 0 amide bonds. The monoisotopic (exact) mass is 443 g/mol. The molecule has 4 aromatic carbocycles. The number of hydrogen-bond donors (Lipinski definition) is 0. The molecule has 5 nitrogen and oxygen atoms in total. The third-order valence-electron chi connectivity index (χ3n) is 6.72. The predicted molar refractivity (Wildman–Crippen MR) is 137 cm³/mol. The minimum atomic E-state index is -0.622. The predicted octanol–water partition coefficient (Wildman–Crippen LogP) is 6.12. The third-order valence-corrected chi connectivity index (χ3v) is 6.72. The highest BCUT2D eigenvalue weighted by Gasteiger charge is 2.52. The molecule has 0 unspecified atom stereocenters. The second-order valence-corrected chi connectivity index (χ2v) is 8.95. The molecule has 5 aromatic rings. The largest absolute Gasteiger partial charge is 0.255 e. The fraction of sp³-hybridized carbons (Fsp3) is 0.138. The molecule has 6 rings (SSSR count). The first-order valence-corrected chi connectivity index (χ1v) is 11.5. The van der Waals surface area contributed by atoms with Gasteiger partial charge in [0.2, 0.25) is 0 Å². The van der Waals surface area contributed by atoms with Crippen molar-refractivity contribution < 1.29 is 0 Å². The lowest BCUT2D eigenvalue weighted by Gasteiger charge is -2.36. The Morgan fingerprint density at radius 3 is 2.12 bits per heavy atom. The topological polar surface area (TPSA) is 46.3 Å². The Kier molecular flexibility index (Phi) is 4.77. The summed E-state index contributed by atoms with van der Waals surface area (Å²) in [5.41, 5.74) is 6.70. The molecule has 0 saturated carbocycles. The molecule has 2 atom stereocenters. The van der Waals surface area contributed by atoms with Gasteiger partial charge >= 0.3 is 0 Å². The lowest BCUT2D eigenvalue weighted by molar-refractivity contribution is 0.343. The molecule has 5 heteroatoms. The smallest absolute Gasteiger partial charge is 0.133 e. The minimum Gasteiger partial charge on any atom is -0.255 e. The van der Waals surface area contributed by atoms with Crippen molar-refractivity contribution in [2.24, 2.45) is 5.10 Å². The molecular formula is C29H25N5. The highest BCUT2D eigenvalue weighted by molar-refractivity contribution is 6.09. The Balaban J connectivity index is 1.66. The van der Waals surface area contributed by atoms with E-state index in [2.05, 4.69) is 107 Å². The number of nitrogens with zero attached hydrogens (tertiary/aromatic N) is 5. The van der Waals surface area contributed by atoms with Crippen molar-refractivity contribution in [2.75, 3.05) is 5.01 Å². The van der Waals surface area contributed by atoms with Crippen molar-refractivity contribution in [1.29, 1.82) is 0 Å². The Hall–Kier alpha value is -4.25. The summed E-state index contributed by atoms with van der Waals surface area (Å²) in [4.78, 5) is 0. The highest BCUT2D eigenvalue weighted by Crippen LogP contribution is 2.48. The Labute approximate surface area is 199 Å². The van der Waals surface area contributed by atoms with Crippen molar-refractivity contribution in [3.05, 3.63) is 126 Å². The maximum Gasteiger partial charge on any atom is 0.133 e. The molecule has 0 fully saturated rings. The number of aromatic nitrogens is 3. The second-order valence-electron chi connectivity index (χ2n) is 8.95. The van der Waals surface area contributed by atoms with Crippen LogP contribution in [0.1, 0.15) is 29.7 Å². The van der Waals surface area contributed by atoms with E-state index in [9.17, 15) is 0 Å². The number of hydrogen-bond acceptors (Lipinski definition) is 4. The van der Waals surface area contributed by atoms with E-state index in [4.69, 9.17) is 10.3 Å². The number of fused-ring (bicyclic) bond motifs is 1. The van der Waals surface area contributed by atoms with E-state index < -0.39 is 5.54 Å². The zero-order valence-electron chi connectivity index (χ0n) is 19.2. The molecule has 166 valence electrons. The van der Waals surface area contributed by atoms with Crippen molar-refractivity contribution in [3.63, 3.8) is 0 Å².